The summed E-state index contributed by atoms with van der Waals surface area (Å²) in [5.74, 6) is -0.0970. The maximum Gasteiger partial charge on any atom is 0.229 e. The van der Waals surface area contributed by atoms with E-state index in [1.54, 1.807) is 0 Å². The first-order valence-electron chi connectivity index (χ1n) is 5.60. The average molecular weight is 217 g/mol. The summed E-state index contributed by atoms with van der Waals surface area (Å²) in [7, 11) is 0. The van der Waals surface area contributed by atoms with E-state index in [4.69, 9.17) is 0 Å². The number of likely N-dealkylation sites (tertiary alicyclic amines) is 1. The lowest BCUT2D eigenvalue weighted by atomic mass is 10.0. The quantitative estimate of drug-likeness (QED) is 0.713. The number of carbonyl (C=O) groups excluding carboxylic acids is 2. The number of benzene rings is 1. The number of piperidine rings is 1. The first-order valence-corrected chi connectivity index (χ1v) is 5.60. The third-order valence-corrected chi connectivity index (χ3v) is 2.99. The summed E-state index contributed by atoms with van der Waals surface area (Å²) in [6, 6.07) is 9.51. The lowest BCUT2D eigenvalue weighted by Gasteiger charge is -2.30. The molecule has 1 unspecified atom stereocenters. The second kappa shape index (κ2) is 4.47. The fourth-order valence-electron chi connectivity index (χ4n) is 2.08. The van der Waals surface area contributed by atoms with E-state index in [0.717, 1.165) is 5.56 Å². The van der Waals surface area contributed by atoms with Crippen molar-refractivity contribution >= 4 is 11.8 Å². The van der Waals surface area contributed by atoms with Gasteiger partial charge in [0.25, 0.3) is 0 Å². The van der Waals surface area contributed by atoms with Crippen molar-refractivity contribution in [2.75, 3.05) is 0 Å². The van der Waals surface area contributed by atoms with Crippen molar-refractivity contribution < 1.29 is 9.59 Å². The number of hydrogen-bond acceptors (Lipinski definition) is 2. The lowest BCUT2D eigenvalue weighted by Crippen LogP contribution is -2.41. The minimum atomic E-state index is -0.151. The smallest absolute Gasteiger partial charge is 0.229 e. The zero-order valence-electron chi connectivity index (χ0n) is 9.35. The van der Waals surface area contributed by atoms with Crippen LogP contribution in [0.2, 0.25) is 0 Å². The molecule has 0 aliphatic carbocycles. The molecule has 1 aromatic rings. The summed E-state index contributed by atoms with van der Waals surface area (Å²) in [6.07, 6.45) is 1.67. The molecule has 2 rings (SSSR count). The van der Waals surface area contributed by atoms with Gasteiger partial charge in [0.2, 0.25) is 11.8 Å². The third kappa shape index (κ3) is 1.98. The second-order valence-electron chi connectivity index (χ2n) is 4.10. The molecule has 0 saturated carbocycles. The van der Waals surface area contributed by atoms with Crippen LogP contribution in [-0.4, -0.2) is 16.7 Å². The number of imide groups is 1. The van der Waals surface area contributed by atoms with E-state index in [1.165, 1.54) is 4.90 Å². The van der Waals surface area contributed by atoms with Crippen LogP contribution in [0.25, 0.3) is 0 Å². The summed E-state index contributed by atoms with van der Waals surface area (Å²) in [4.78, 5) is 24.9. The lowest BCUT2D eigenvalue weighted by molar-refractivity contribution is -0.150. The van der Waals surface area contributed by atoms with Crippen LogP contribution in [0.15, 0.2) is 30.3 Å². The van der Waals surface area contributed by atoms with Gasteiger partial charge in [0, 0.05) is 12.8 Å². The summed E-state index contributed by atoms with van der Waals surface area (Å²) in [5, 5.41) is 0. The highest BCUT2D eigenvalue weighted by molar-refractivity contribution is 5.97. The van der Waals surface area contributed by atoms with E-state index in [1.807, 2.05) is 37.3 Å². The van der Waals surface area contributed by atoms with Crippen LogP contribution in [0.4, 0.5) is 0 Å². The molecular weight excluding hydrogens is 202 g/mol. The van der Waals surface area contributed by atoms with Crippen molar-refractivity contribution in [2.24, 2.45) is 0 Å². The highest BCUT2D eigenvalue weighted by Crippen LogP contribution is 2.25. The molecule has 0 N–H and O–H groups in total. The van der Waals surface area contributed by atoms with Gasteiger partial charge in [-0.1, -0.05) is 30.3 Å². The SMILES string of the molecule is CC(c1ccccc1)N1C(=O)CCCC1=O. The maximum absolute atomic E-state index is 11.7. The summed E-state index contributed by atoms with van der Waals surface area (Å²) >= 11 is 0. The molecule has 1 fully saturated rings. The maximum atomic E-state index is 11.7. The zero-order chi connectivity index (χ0) is 11.5. The Balaban J connectivity index is 2.23. The van der Waals surface area contributed by atoms with Gasteiger partial charge in [-0.25, -0.2) is 0 Å². The van der Waals surface area contributed by atoms with E-state index < -0.39 is 0 Å². The van der Waals surface area contributed by atoms with E-state index >= 15 is 0 Å². The van der Waals surface area contributed by atoms with E-state index in [-0.39, 0.29) is 17.9 Å². The molecule has 3 nitrogen and oxygen atoms in total. The molecule has 1 saturated heterocycles. The van der Waals surface area contributed by atoms with Gasteiger partial charge in [0.05, 0.1) is 6.04 Å². The molecule has 3 heteroatoms. The predicted molar refractivity (Wildman–Crippen MR) is 60.6 cm³/mol. The third-order valence-electron chi connectivity index (χ3n) is 2.99. The van der Waals surface area contributed by atoms with E-state index in [0.29, 0.717) is 19.3 Å². The Labute approximate surface area is 95.1 Å². The average Bonchev–Trinajstić information content (AvgIpc) is 2.30. The summed E-state index contributed by atoms with van der Waals surface area (Å²) in [5.41, 5.74) is 1.01. The van der Waals surface area contributed by atoms with Crippen LogP contribution in [0.5, 0.6) is 0 Å². The van der Waals surface area contributed by atoms with Crippen molar-refractivity contribution in [3.63, 3.8) is 0 Å². The topological polar surface area (TPSA) is 37.4 Å². The molecular formula is C13H15NO2. The Bertz CT molecular complexity index is 384. The minimum Gasteiger partial charge on any atom is -0.275 e. The highest BCUT2D eigenvalue weighted by Gasteiger charge is 2.30. The molecule has 0 aromatic heterocycles. The van der Waals surface area contributed by atoms with Crippen molar-refractivity contribution in [3.8, 4) is 0 Å². The Kier molecular flexibility index (Phi) is 3.04. The number of nitrogens with zero attached hydrogens (tertiary/aromatic N) is 1. The molecule has 1 aromatic carbocycles. The normalized spacial score (nSPS) is 18.7. The number of carbonyl (C=O) groups is 2. The van der Waals surface area contributed by atoms with Crippen LogP contribution >= 0.6 is 0 Å². The first kappa shape index (κ1) is 10.9. The van der Waals surface area contributed by atoms with Crippen LogP contribution in [0.3, 0.4) is 0 Å². The number of amides is 2. The number of hydrogen-bond donors (Lipinski definition) is 0. The van der Waals surface area contributed by atoms with Crippen molar-refractivity contribution in [1.29, 1.82) is 0 Å². The van der Waals surface area contributed by atoms with Gasteiger partial charge in [-0.05, 0) is 18.9 Å². The molecule has 1 aliphatic rings. The highest BCUT2D eigenvalue weighted by atomic mass is 16.2. The molecule has 0 spiro atoms. The van der Waals surface area contributed by atoms with Gasteiger partial charge in [0.15, 0.2) is 0 Å². The van der Waals surface area contributed by atoms with E-state index in [2.05, 4.69) is 0 Å². The van der Waals surface area contributed by atoms with Crippen molar-refractivity contribution in [1.82, 2.24) is 4.90 Å². The van der Waals surface area contributed by atoms with Gasteiger partial charge in [-0.2, -0.15) is 0 Å². The zero-order valence-corrected chi connectivity index (χ0v) is 9.35. The van der Waals surface area contributed by atoms with Gasteiger partial charge < -0.3 is 0 Å². The summed E-state index contributed by atoms with van der Waals surface area (Å²) in [6.45, 7) is 1.90. The molecule has 16 heavy (non-hydrogen) atoms. The van der Waals surface area contributed by atoms with Gasteiger partial charge in [0.1, 0.15) is 0 Å². The predicted octanol–water partition coefficient (Wildman–Crippen LogP) is 2.29. The van der Waals surface area contributed by atoms with Gasteiger partial charge in [-0.15, -0.1) is 0 Å². The Hall–Kier alpha value is -1.64. The number of rotatable bonds is 2. The molecule has 0 bridgehead atoms. The van der Waals surface area contributed by atoms with Gasteiger partial charge >= 0.3 is 0 Å². The van der Waals surface area contributed by atoms with Crippen molar-refractivity contribution in [3.05, 3.63) is 35.9 Å². The molecule has 0 radical (unpaired) electrons. The molecule has 1 heterocycles. The van der Waals surface area contributed by atoms with Crippen molar-refractivity contribution in [2.45, 2.75) is 32.2 Å². The largest absolute Gasteiger partial charge is 0.275 e. The Morgan fingerprint density at radius 1 is 1.06 bits per heavy atom. The molecule has 1 aliphatic heterocycles. The first-order chi connectivity index (χ1) is 7.70. The van der Waals surface area contributed by atoms with Gasteiger partial charge in [-0.3, -0.25) is 14.5 Å². The second-order valence-corrected chi connectivity index (χ2v) is 4.10. The molecule has 84 valence electrons. The van der Waals surface area contributed by atoms with Crippen LogP contribution < -0.4 is 0 Å². The van der Waals surface area contributed by atoms with E-state index in [9.17, 15) is 9.59 Å². The van der Waals surface area contributed by atoms with Crippen LogP contribution in [-0.2, 0) is 9.59 Å². The minimum absolute atomic E-state index is 0.0485. The Morgan fingerprint density at radius 3 is 2.19 bits per heavy atom. The van der Waals surface area contributed by atoms with Crippen LogP contribution in [0.1, 0.15) is 37.8 Å². The fraction of sp³-hybridized carbons (Fsp3) is 0.385. The Morgan fingerprint density at radius 2 is 1.62 bits per heavy atom. The fourth-order valence-corrected chi connectivity index (χ4v) is 2.08. The standard InChI is InChI=1S/C13H15NO2/c1-10(11-6-3-2-4-7-11)14-12(15)8-5-9-13(14)16/h2-4,6-7,10H,5,8-9H2,1H3. The monoisotopic (exact) mass is 217 g/mol. The summed E-state index contributed by atoms with van der Waals surface area (Å²) < 4.78 is 0. The van der Waals surface area contributed by atoms with Crippen LogP contribution in [0, 0.1) is 0 Å². The molecule has 1 atom stereocenters. The molecule has 2 amide bonds.